The number of hydrogen-bond acceptors (Lipinski definition) is 1. The van der Waals surface area contributed by atoms with Crippen LogP contribution in [0.4, 0.5) is 0 Å². The third-order valence-corrected chi connectivity index (χ3v) is 3.28. The van der Waals surface area contributed by atoms with Gasteiger partial charge in [-0.3, -0.25) is 0 Å². The van der Waals surface area contributed by atoms with E-state index in [-0.39, 0.29) is 5.69 Å². The molecule has 18 heavy (non-hydrogen) atoms. The number of rotatable bonds is 2. The van der Waals surface area contributed by atoms with Crippen LogP contribution in [-0.2, 0) is 0 Å². The highest BCUT2D eigenvalue weighted by Gasteiger charge is 2.09. The van der Waals surface area contributed by atoms with Gasteiger partial charge in [-0.15, -0.1) is 0 Å². The van der Waals surface area contributed by atoms with Gasteiger partial charge in [-0.25, -0.2) is 4.79 Å². The Balaban J connectivity index is 2.10. The Labute approximate surface area is 111 Å². The van der Waals surface area contributed by atoms with Gasteiger partial charge in [0.05, 0.1) is 11.4 Å². The summed E-state index contributed by atoms with van der Waals surface area (Å²) in [5.41, 5.74) is 2.83. The average molecular weight is 305 g/mol. The summed E-state index contributed by atoms with van der Waals surface area (Å²) < 4.78 is 1.01. The molecule has 0 fully saturated rings. The van der Waals surface area contributed by atoms with Crippen LogP contribution in [0.15, 0.2) is 40.9 Å². The zero-order valence-corrected chi connectivity index (χ0v) is 10.8. The molecule has 0 saturated heterocycles. The van der Waals surface area contributed by atoms with Crippen LogP contribution in [0, 0.1) is 0 Å². The molecule has 0 unspecified atom stereocenters. The Morgan fingerprint density at radius 1 is 1.06 bits per heavy atom. The molecule has 0 spiro atoms. The van der Waals surface area contributed by atoms with E-state index in [0.717, 1.165) is 26.8 Å². The van der Waals surface area contributed by atoms with Gasteiger partial charge in [0.15, 0.2) is 0 Å². The monoisotopic (exact) mass is 304 g/mol. The lowest BCUT2D eigenvalue weighted by molar-refractivity contribution is 0.0691. The molecule has 3 rings (SSSR count). The molecular weight excluding hydrogens is 296 g/mol. The van der Waals surface area contributed by atoms with E-state index in [1.807, 2.05) is 24.3 Å². The molecule has 2 aromatic heterocycles. The highest BCUT2D eigenvalue weighted by Crippen LogP contribution is 2.25. The predicted octanol–water partition coefficient (Wildman–Crippen LogP) is 3.62. The van der Waals surface area contributed by atoms with Crippen molar-refractivity contribution in [1.82, 2.24) is 9.97 Å². The van der Waals surface area contributed by atoms with Crippen LogP contribution >= 0.6 is 15.9 Å². The van der Waals surface area contributed by atoms with E-state index in [4.69, 9.17) is 5.11 Å². The van der Waals surface area contributed by atoms with Crippen LogP contribution in [0.2, 0.25) is 0 Å². The van der Waals surface area contributed by atoms with Gasteiger partial charge in [0.25, 0.3) is 0 Å². The number of nitrogens with one attached hydrogen (secondary N) is 2. The van der Waals surface area contributed by atoms with Crippen molar-refractivity contribution in [1.29, 1.82) is 0 Å². The minimum Gasteiger partial charge on any atom is -0.477 e. The molecule has 0 atom stereocenters. The minimum absolute atomic E-state index is 0.185. The molecule has 5 heteroatoms. The molecule has 0 amide bonds. The Kier molecular flexibility index (Phi) is 2.48. The van der Waals surface area contributed by atoms with Crippen molar-refractivity contribution in [3.63, 3.8) is 0 Å². The van der Waals surface area contributed by atoms with Gasteiger partial charge in [0.1, 0.15) is 5.69 Å². The van der Waals surface area contributed by atoms with Crippen molar-refractivity contribution in [2.45, 2.75) is 0 Å². The van der Waals surface area contributed by atoms with Gasteiger partial charge >= 0.3 is 5.97 Å². The number of fused-ring (bicyclic) bond motifs is 1. The first-order chi connectivity index (χ1) is 8.63. The SMILES string of the molecule is O=C(O)c1ccc(-c2cc3cc(Br)ccc3[nH]2)[nH]1. The summed E-state index contributed by atoms with van der Waals surface area (Å²) in [7, 11) is 0. The van der Waals surface area contributed by atoms with E-state index >= 15 is 0 Å². The van der Waals surface area contributed by atoms with Crippen LogP contribution in [0.25, 0.3) is 22.3 Å². The smallest absolute Gasteiger partial charge is 0.352 e. The van der Waals surface area contributed by atoms with E-state index < -0.39 is 5.97 Å². The lowest BCUT2D eigenvalue weighted by Crippen LogP contribution is -1.95. The standard InChI is InChI=1S/C13H9BrN2O2/c14-8-1-2-9-7(5-8)6-12(15-9)10-3-4-11(16-10)13(17)18/h1-6,15-16H,(H,17,18). The van der Waals surface area contributed by atoms with Crippen LogP contribution < -0.4 is 0 Å². The third kappa shape index (κ3) is 1.82. The maximum atomic E-state index is 10.8. The van der Waals surface area contributed by atoms with Crippen molar-refractivity contribution in [3.8, 4) is 11.4 Å². The molecule has 3 N–H and O–H groups in total. The quantitative estimate of drug-likeness (QED) is 0.677. The Morgan fingerprint density at radius 3 is 2.61 bits per heavy atom. The summed E-state index contributed by atoms with van der Waals surface area (Å²) in [6, 6.07) is 11.2. The highest BCUT2D eigenvalue weighted by molar-refractivity contribution is 9.10. The molecular formula is C13H9BrN2O2. The average Bonchev–Trinajstić information content (AvgIpc) is 2.93. The third-order valence-electron chi connectivity index (χ3n) is 2.79. The van der Waals surface area contributed by atoms with Gasteiger partial charge in [0.2, 0.25) is 0 Å². The second-order valence-corrected chi connectivity index (χ2v) is 4.92. The van der Waals surface area contributed by atoms with Crippen molar-refractivity contribution < 1.29 is 9.90 Å². The molecule has 90 valence electrons. The van der Waals surface area contributed by atoms with Crippen molar-refractivity contribution in [2.24, 2.45) is 0 Å². The normalized spacial score (nSPS) is 10.9. The zero-order valence-electron chi connectivity index (χ0n) is 9.20. The van der Waals surface area contributed by atoms with E-state index in [2.05, 4.69) is 25.9 Å². The highest BCUT2D eigenvalue weighted by atomic mass is 79.9. The van der Waals surface area contributed by atoms with E-state index in [9.17, 15) is 4.79 Å². The minimum atomic E-state index is -0.958. The number of hydrogen-bond donors (Lipinski definition) is 3. The van der Waals surface area contributed by atoms with Crippen molar-refractivity contribution in [3.05, 3.63) is 46.6 Å². The second-order valence-electron chi connectivity index (χ2n) is 4.01. The molecule has 2 heterocycles. The lowest BCUT2D eigenvalue weighted by atomic mass is 10.2. The fourth-order valence-electron chi connectivity index (χ4n) is 1.93. The molecule has 0 radical (unpaired) electrons. The maximum absolute atomic E-state index is 10.8. The number of carboxylic acids is 1. The molecule has 0 aliphatic carbocycles. The first-order valence-corrected chi connectivity index (χ1v) is 6.14. The lowest BCUT2D eigenvalue weighted by Gasteiger charge is -1.92. The molecule has 0 saturated carbocycles. The number of aromatic amines is 2. The number of aromatic nitrogens is 2. The fraction of sp³-hybridized carbons (Fsp3) is 0. The van der Waals surface area contributed by atoms with Crippen LogP contribution in [0.5, 0.6) is 0 Å². The van der Waals surface area contributed by atoms with Crippen molar-refractivity contribution in [2.75, 3.05) is 0 Å². The van der Waals surface area contributed by atoms with Crippen LogP contribution in [-0.4, -0.2) is 21.0 Å². The summed E-state index contributed by atoms with van der Waals surface area (Å²) in [6.45, 7) is 0. The largest absolute Gasteiger partial charge is 0.477 e. The first kappa shape index (κ1) is 11.1. The number of aromatic carboxylic acids is 1. The van der Waals surface area contributed by atoms with Gasteiger partial charge < -0.3 is 15.1 Å². The van der Waals surface area contributed by atoms with Crippen LogP contribution in [0.3, 0.4) is 0 Å². The summed E-state index contributed by atoms with van der Waals surface area (Å²) in [5.74, 6) is -0.958. The van der Waals surface area contributed by atoms with Crippen LogP contribution in [0.1, 0.15) is 10.5 Å². The number of benzene rings is 1. The molecule has 4 nitrogen and oxygen atoms in total. The van der Waals surface area contributed by atoms with E-state index in [1.165, 1.54) is 0 Å². The molecule has 3 aromatic rings. The molecule has 0 aliphatic heterocycles. The molecule has 1 aromatic carbocycles. The first-order valence-electron chi connectivity index (χ1n) is 5.34. The summed E-state index contributed by atoms with van der Waals surface area (Å²) in [4.78, 5) is 16.9. The molecule has 0 aliphatic rings. The Morgan fingerprint density at radius 2 is 1.89 bits per heavy atom. The summed E-state index contributed by atoms with van der Waals surface area (Å²) >= 11 is 3.42. The maximum Gasteiger partial charge on any atom is 0.352 e. The number of carboxylic acid groups (broad SMARTS) is 1. The second kappa shape index (κ2) is 4.03. The van der Waals surface area contributed by atoms with Gasteiger partial charge in [-0.05, 0) is 36.4 Å². The summed E-state index contributed by atoms with van der Waals surface area (Å²) in [5, 5.41) is 9.95. The van der Waals surface area contributed by atoms with Crippen molar-refractivity contribution >= 4 is 32.8 Å². The van der Waals surface area contributed by atoms with Gasteiger partial charge in [0, 0.05) is 15.4 Å². The fourth-order valence-corrected chi connectivity index (χ4v) is 2.30. The zero-order chi connectivity index (χ0) is 12.7. The Bertz CT molecular complexity index is 742. The topological polar surface area (TPSA) is 68.9 Å². The summed E-state index contributed by atoms with van der Waals surface area (Å²) in [6.07, 6.45) is 0. The van der Waals surface area contributed by atoms with Gasteiger partial charge in [-0.2, -0.15) is 0 Å². The van der Waals surface area contributed by atoms with Gasteiger partial charge in [-0.1, -0.05) is 15.9 Å². The number of halogens is 1. The Hall–Kier alpha value is -2.01. The number of H-pyrrole nitrogens is 2. The van der Waals surface area contributed by atoms with E-state index in [1.54, 1.807) is 12.1 Å². The van der Waals surface area contributed by atoms with E-state index in [0.29, 0.717) is 0 Å². The number of carbonyl (C=O) groups is 1. The predicted molar refractivity (Wildman–Crippen MR) is 72.7 cm³/mol. The molecule has 0 bridgehead atoms.